The van der Waals surface area contributed by atoms with E-state index in [1.807, 2.05) is 18.5 Å². The zero-order valence-corrected chi connectivity index (χ0v) is 13.7. The van der Waals surface area contributed by atoms with Gasteiger partial charge in [0.2, 0.25) is 0 Å². The minimum atomic E-state index is 0.891. The third-order valence-electron chi connectivity index (χ3n) is 3.93. The largest absolute Gasteiger partial charge is 0.399 e. The topological polar surface area (TPSA) is 52.3 Å². The fourth-order valence-corrected chi connectivity index (χ4v) is 2.93. The molecule has 0 radical (unpaired) electrons. The Balaban J connectivity index is 2.02. The fraction of sp³-hybridized carbons (Fsp3) is 0.389. The van der Waals surface area contributed by atoms with Crippen molar-refractivity contribution in [2.45, 2.75) is 39.2 Å². The lowest BCUT2D eigenvalue weighted by Gasteiger charge is -2.09. The second-order valence-corrected chi connectivity index (χ2v) is 5.55. The van der Waals surface area contributed by atoms with Gasteiger partial charge in [-0.05, 0) is 25.3 Å². The van der Waals surface area contributed by atoms with E-state index in [0.717, 1.165) is 49.1 Å². The van der Waals surface area contributed by atoms with Crippen LogP contribution < -0.4 is 0 Å². The molecule has 0 atom stereocenters. The highest BCUT2D eigenvalue weighted by Gasteiger charge is 2.13. The molecule has 2 heterocycles. The van der Waals surface area contributed by atoms with Gasteiger partial charge in [-0.1, -0.05) is 30.3 Å². The molecule has 0 aliphatic rings. The van der Waals surface area contributed by atoms with Gasteiger partial charge in [-0.15, -0.1) is 0 Å². The number of pyridine rings is 1. The summed E-state index contributed by atoms with van der Waals surface area (Å²) in [5, 5.41) is 4.97. The molecule has 0 aliphatic heterocycles. The van der Waals surface area contributed by atoms with Gasteiger partial charge in [0.15, 0.2) is 0 Å². The molecule has 0 saturated carbocycles. The maximum absolute atomic E-state index is 4.81. The van der Waals surface area contributed by atoms with Crippen molar-refractivity contribution in [3.63, 3.8) is 0 Å². The van der Waals surface area contributed by atoms with Crippen molar-refractivity contribution in [1.29, 1.82) is 0 Å². The molecule has 0 saturated heterocycles. The highest BCUT2D eigenvalue weighted by Crippen LogP contribution is 2.25. The molecule has 23 heavy (non-hydrogen) atoms. The van der Waals surface area contributed by atoms with Crippen LogP contribution in [0.3, 0.4) is 0 Å². The molecule has 0 fully saturated rings. The van der Waals surface area contributed by atoms with Crippen molar-refractivity contribution in [2.24, 2.45) is 5.16 Å². The van der Waals surface area contributed by atoms with Gasteiger partial charge in [-0.2, -0.15) is 0 Å². The Morgan fingerprint density at radius 3 is 2.96 bits per heavy atom. The first-order valence-electron chi connectivity index (χ1n) is 8.13. The van der Waals surface area contributed by atoms with Crippen LogP contribution in [0.2, 0.25) is 0 Å². The Morgan fingerprint density at radius 2 is 2.13 bits per heavy atom. The first-order chi connectivity index (χ1) is 11.3. The van der Waals surface area contributed by atoms with Crippen molar-refractivity contribution in [2.75, 3.05) is 7.11 Å². The van der Waals surface area contributed by atoms with Crippen molar-refractivity contribution in [3.8, 4) is 0 Å². The zero-order chi connectivity index (χ0) is 16.1. The molecule has 120 valence electrons. The Hall–Kier alpha value is -2.43. The van der Waals surface area contributed by atoms with Gasteiger partial charge in [0, 0.05) is 24.6 Å². The summed E-state index contributed by atoms with van der Waals surface area (Å²) in [4.78, 5) is 14.1. The maximum atomic E-state index is 4.81. The van der Waals surface area contributed by atoms with Gasteiger partial charge in [0.25, 0.3) is 0 Å². The lowest BCUT2D eigenvalue weighted by molar-refractivity contribution is 0.214. The van der Waals surface area contributed by atoms with Crippen molar-refractivity contribution in [1.82, 2.24) is 14.5 Å². The third kappa shape index (κ3) is 3.18. The minimum absolute atomic E-state index is 0.891. The van der Waals surface area contributed by atoms with Crippen molar-refractivity contribution in [3.05, 3.63) is 36.3 Å². The Kier molecular flexibility index (Phi) is 4.86. The molecule has 0 aliphatic carbocycles. The number of oxime groups is 1. The summed E-state index contributed by atoms with van der Waals surface area (Å²) < 4.78 is 2.35. The molecule has 5 nitrogen and oxygen atoms in total. The molecule has 2 aromatic heterocycles. The van der Waals surface area contributed by atoms with Crippen molar-refractivity contribution >= 4 is 28.2 Å². The molecule has 3 aromatic rings. The van der Waals surface area contributed by atoms with Crippen LogP contribution >= 0.6 is 0 Å². The normalized spacial score (nSPS) is 11.7. The van der Waals surface area contributed by atoms with Gasteiger partial charge >= 0.3 is 0 Å². The van der Waals surface area contributed by atoms with E-state index in [0.29, 0.717) is 0 Å². The maximum Gasteiger partial charge on any atom is 0.109 e. The van der Waals surface area contributed by atoms with E-state index < -0.39 is 0 Å². The summed E-state index contributed by atoms with van der Waals surface area (Å²) in [6.45, 7) is 3.11. The standard InChI is InChI=1S/C18H22N4O/c1-3-8-17-21-16-13-19-15-10-5-4-9-14(15)18(16)22(17)12-7-6-11-20-23-2/h4-5,9-11,13H,3,6-8,12H2,1-2H3/b20-11+. The first-order valence-corrected chi connectivity index (χ1v) is 8.13. The van der Waals surface area contributed by atoms with Crippen LogP contribution in [-0.2, 0) is 17.8 Å². The fourth-order valence-electron chi connectivity index (χ4n) is 2.93. The first kappa shape index (κ1) is 15.5. The molecular weight excluding hydrogens is 288 g/mol. The molecule has 0 spiro atoms. The number of rotatable bonds is 7. The van der Waals surface area contributed by atoms with Crippen LogP contribution in [0, 0.1) is 0 Å². The smallest absolute Gasteiger partial charge is 0.109 e. The summed E-state index contributed by atoms with van der Waals surface area (Å²) in [6.07, 6.45) is 7.67. The average molecular weight is 310 g/mol. The Morgan fingerprint density at radius 1 is 1.26 bits per heavy atom. The van der Waals surface area contributed by atoms with Crippen LogP contribution in [-0.4, -0.2) is 27.9 Å². The van der Waals surface area contributed by atoms with E-state index in [2.05, 4.69) is 39.8 Å². The molecule has 0 N–H and O–H groups in total. The second-order valence-electron chi connectivity index (χ2n) is 5.55. The quantitative estimate of drug-likeness (QED) is 0.377. The predicted octanol–water partition coefficient (Wildman–Crippen LogP) is 3.95. The van der Waals surface area contributed by atoms with Gasteiger partial charge in [-0.25, -0.2) is 4.98 Å². The lowest BCUT2D eigenvalue weighted by atomic mass is 10.2. The van der Waals surface area contributed by atoms with Crippen LogP contribution in [0.15, 0.2) is 35.6 Å². The Labute approximate surface area is 136 Å². The number of aryl methyl sites for hydroxylation is 2. The monoisotopic (exact) mass is 310 g/mol. The van der Waals surface area contributed by atoms with Gasteiger partial charge in [-0.3, -0.25) is 4.98 Å². The number of nitrogens with zero attached hydrogens (tertiary/aromatic N) is 4. The predicted molar refractivity (Wildman–Crippen MR) is 93.8 cm³/mol. The summed E-state index contributed by atoms with van der Waals surface area (Å²) >= 11 is 0. The van der Waals surface area contributed by atoms with Gasteiger partial charge < -0.3 is 9.40 Å². The molecule has 0 bridgehead atoms. The van der Waals surface area contributed by atoms with Gasteiger partial charge in [0.1, 0.15) is 18.5 Å². The number of benzene rings is 1. The SMILES string of the molecule is CCCc1nc2cnc3ccccc3c2n1CCC/C=N/OC. The van der Waals surface area contributed by atoms with E-state index in [1.54, 1.807) is 7.11 Å². The molecule has 0 amide bonds. The lowest BCUT2D eigenvalue weighted by Crippen LogP contribution is -2.04. The number of hydrogen-bond donors (Lipinski definition) is 0. The number of hydrogen-bond acceptors (Lipinski definition) is 4. The van der Waals surface area contributed by atoms with Crippen LogP contribution in [0.5, 0.6) is 0 Å². The molecule has 0 unspecified atom stereocenters. The van der Waals surface area contributed by atoms with Crippen LogP contribution in [0.4, 0.5) is 0 Å². The van der Waals surface area contributed by atoms with E-state index in [9.17, 15) is 0 Å². The molecule has 3 rings (SSSR count). The van der Waals surface area contributed by atoms with E-state index in [-0.39, 0.29) is 0 Å². The second kappa shape index (κ2) is 7.22. The highest BCUT2D eigenvalue weighted by atomic mass is 16.6. The minimum Gasteiger partial charge on any atom is -0.399 e. The third-order valence-corrected chi connectivity index (χ3v) is 3.93. The summed E-state index contributed by atoms with van der Waals surface area (Å²) in [7, 11) is 1.57. The summed E-state index contributed by atoms with van der Waals surface area (Å²) in [6, 6.07) is 8.27. The summed E-state index contributed by atoms with van der Waals surface area (Å²) in [5.41, 5.74) is 3.20. The molecule has 1 aromatic carbocycles. The van der Waals surface area contributed by atoms with E-state index >= 15 is 0 Å². The molecule has 5 heteroatoms. The number of para-hydroxylation sites is 1. The molecular formula is C18H22N4O. The van der Waals surface area contributed by atoms with Crippen LogP contribution in [0.1, 0.15) is 32.0 Å². The number of fused-ring (bicyclic) bond motifs is 3. The summed E-state index contributed by atoms with van der Waals surface area (Å²) in [5.74, 6) is 1.14. The Bertz CT molecular complexity index is 822. The number of aromatic nitrogens is 3. The van der Waals surface area contributed by atoms with Gasteiger partial charge in [0.05, 0.1) is 17.2 Å². The average Bonchev–Trinajstić information content (AvgIpc) is 2.93. The zero-order valence-electron chi connectivity index (χ0n) is 13.7. The highest BCUT2D eigenvalue weighted by molar-refractivity contribution is 6.02. The number of imidazole rings is 1. The number of unbranched alkanes of at least 4 members (excludes halogenated alkanes) is 1. The van der Waals surface area contributed by atoms with Crippen molar-refractivity contribution < 1.29 is 4.84 Å². The van der Waals surface area contributed by atoms with E-state index in [4.69, 9.17) is 9.82 Å². The van der Waals surface area contributed by atoms with E-state index in [1.165, 1.54) is 10.9 Å². The van der Waals surface area contributed by atoms with Crippen LogP contribution in [0.25, 0.3) is 21.9 Å².